The van der Waals surface area contributed by atoms with Crippen molar-refractivity contribution in [2.24, 2.45) is 0 Å². The lowest BCUT2D eigenvalue weighted by Gasteiger charge is -2.19. The zero-order valence-electron chi connectivity index (χ0n) is 10.7. The predicted octanol–water partition coefficient (Wildman–Crippen LogP) is 1.85. The molecule has 0 radical (unpaired) electrons. The van der Waals surface area contributed by atoms with Crippen LogP contribution in [0.25, 0.3) is 0 Å². The first kappa shape index (κ1) is 12.7. The number of aryl methyl sites for hydroxylation is 1. The molecule has 7 heteroatoms. The molecule has 1 aliphatic heterocycles. The summed E-state index contributed by atoms with van der Waals surface area (Å²) in [6.45, 7) is 1.94. The normalized spacial score (nSPS) is 13.3. The molecule has 0 atom stereocenters. The lowest BCUT2D eigenvalue weighted by Crippen LogP contribution is -2.25. The molecule has 0 aliphatic carbocycles. The molecule has 2 heterocycles. The summed E-state index contributed by atoms with van der Waals surface area (Å²) in [6.07, 6.45) is 3.49. The summed E-state index contributed by atoms with van der Waals surface area (Å²) in [5.74, 6) is 0.404. The third kappa shape index (κ3) is 2.53. The molecule has 20 heavy (non-hydrogen) atoms. The molecule has 3 rings (SSSR count). The van der Waals surface area contributed by atoms with E-state index >= 15 is 0 Å². The fraction of sp³-hybridized carbons (Fsp3) is 0.154. The van der Waals surface area contributed by atoms with Crippen LogP contribution in [-0.4, -0.2) is 22.5 Å². The molecule has 2 aromatic rings. The number of hydrogen-bond acceptors (Lipinski definition) is 6. The zero-order valence-corrected chi connectivity index (χ0v) is 11.5. The topological polar surface area (TPSA) is 90.1 Å². The number of nitrogens with one attached hydrogen (secondary N) is 1. The number of aromatic nitrogens is 2. The Bertz CT molecular complexity index is 673. The number of anilines is 2. The Balaban J connectivity index is 1.91. The maximum Gasteiger partial charge on any atom is 0.262 e. The van der Waals surface area contributed by atoms with Gasteiger partial charge >= 0.3 is 0 Å². The van der Waals surface area contributed by atoms with Gasteiger partial charge in [0.1, 0.15) is 5.75 Å². The summed E-state index contributed by atoms with van der Waals surface area (Å²) in [7, 11) is 0. The van der Waals surface area contributed by atoms with E-state index in [-0.39, 0.29) is 12.5 Å². The van der Waals surface area contributed by atoms with E-state index in [9.17, 15) is 4.79 Å². The Morgan fingerprint density at radius 2 is 2.10 bits per heavy atom. The number of carbonyl (C=O) groups is 1. The summed E-state index contributed by atoms with van der Waals surface area (Å²) in [4.78, 5) is 20.5. The number of hydrogen-bond donors (Lipinski definition) is 2. The van der Waals surface area contributed by atoms with Gasteiger partial charge in [0, 0.05) is 29.0 Å². The van der Waals surface area contributed by atoms with Crippen molar-refractivity contribution >= 4 is 29.0 Å². The van der Waals surface area contributed by atoms with Crippen LogP contribution >= 0.6 is 11.8 Å². The maximum atomic E-state index is 11.3. The van der Waals surface area contributed by atoms with E-state index in [0.29, 0.717) is 22.3 Å². The summed E-state index contributed by atoms with van der Waals surface area (Å²) >= 11 is 1.34. The quantitative estimate of drug-likeness (QED) is 0.647. The van der Waals surface area contributed by atoms with Crippen molar-refractivity contribution in [1.29, 1.82) is 0 Å². The molecule has 0 fully saturated rings. The Morgan fingerprint density at radius 1 is 1.35 bits per heavy atom. The lowest BCUT2D eigenvalue weighted by molar-refractivity contribution is -0.118. The SMILES string of the molecule is Cc1cnc(Sc2cc3c(cc2N)OCC(=O)N3)nc1. The number of fused-ring (bicyclic) bond motifs is 1. The van der Waals surface area contributed by atoms with E-state index in [0.717, 1.165) is 10.5 Å². The summed E-state index contributed by atoms with van der Waals surface area (Å²) in [6, 6.07) is 3.47. The van der Waals surface area contributed by atoms with E-state index in [4.69, 9.17) is 10.5 Å². The molecule has 1 aromatic carbocycles. The van der Waals surface area contributed by atoms with Crippen LogP contribution < -0.4 is 15.8 Å². The van der Waals surface area contributed by atoms with Crippen molar-refractivity contribution < 1.29 is 9.53 Å². The molecule has 3 N–H and O–H groups in total. The Morgan fingerprint density at radius 3 is 2.85 bits per heavy atom. The fourth-order valence-corrected chi connectivity index (χ4v) is 2.50. The first-order valence-electron chi connectivity index (χ1n) is 5.94. The van der Waals surface area contributed by atoms with Crippen molar-refractivity contribution in [3.63, 3.8) is 0 Å². The highest BCUT2D eigenvalue weighted by molar-refractivity contribution is 7.99. The second-order valence-electron chi connectivity index (χ2n) is 4.37. The molecule has 1 aromatic heterocycles. The van der Waals surface area contributed by atoms with Gasteiger partial charge in [-0.2, -0.15) is 0 Å². The average Bonchev–Trinajstić information content (AvgIpc) is 2.42. The van der Waals surface area contributed by atoms with Crippen LogP contribution in [0.2, 0.25) is 0 Å². The number of nitrogens with zero attached hydrogens (tertiary/aromatic N) is 2. The van der Waals surface area contributed by atoms with Gasteiger partial charge in [0.2, 0.25) is 0 Å². The van der Waals surface area contributed by atoms with E-state index in [1.165, 1.54) is 11.8 Å². The maximum absolute atomic E-state index is 11.3. The van der Waals surface area contributed by atoms with Gasteiger partial charge in [-0.25, -0.2) is 9.97 Å². The first-order valence-corrected chi connectivity index (χ1v) is 6.76. The lowest BCUT2D eigenvalue weighted by atomic mass is 10.2. The molecular weight excluding hydrogens is 276 g/mol. The summed E-state index contributed by atoms with van der Waals surface area (Å²) in [5.41, 5.74) is 8.16. The van der Waals surface area contributed by atoms with Gasteiger partial charge in [-0.3, -0.25) is 4.79 Å². The van der Waals surface area contributed by atoms with Crippen LogP contribution in [0.3, 0.4) is 0 Å². The van der Waals surface area contributed by atoms with Gasteiger partial charge in [0.15, 0.2) is 11.8 Å². The van der Waals surface area contributed by atoms with Crippen molar-refractivity contribution in [2.75, 3.05) is 17.7 Å². The molecule has 0 unspecified atom stereocenters. The molecular formula is C13H12N4O2S. The van der Waals surface area contributed by atoms with Gasteiger partial charge in [-0.1, -0.05) is 0 Å². The highest BCUT2D eigenvalue weighted by Crippen LogP contribution is 2.38. The fourth-order valence-electron chi connectivity index (χ4n) is 1.74. The van der Waals surface area contributed by atoms with E-state index in [1.807, 2.05) is 6.92 Å². The first-order chi connectivity index (χ1) is 9.61. The number of ether oxygens (including phenoxy) is 1. The number of benzene rings is 1. The molecule has 0 spiro atoms. The number of rotatable bonds is 2. The summed E-state index contributed by atoms with van der Waals surface area (Å²) < 4.78 is 5.30. The van der Waals surface area contributed by atoms with Crippen LogP contribution in [0.15, 0.2) is 34.6 Å². The number of amides is 1. The molecule has 6 nitrogen and oxygen atoms in total. The van der Waals surface area contributed by atoms with Crippen molar-refractivity contribution in [3.8, 4) is 5.75 Å². The second-order valence-corrected chi connectivity index (χ2v) is 5.38. The van der Waals surface area contributed by atoms with Crippen LogP contribution in [0.4, 0.5) is 11.4 Å². The van der Waals surface area contributed by atoms with Crippen molar-refractivity contribution in [1.82, 2.24) is 9.97 Å². The average molecular weight is 288 g/mol. The largest absolute Gasteiger partial charge is 0.482 e. The Labute approximate surface area is 119 Å². The van der Waals surface area contributed by atoms with Crippen molar-refractivity contribution in [2.45, 2.75) is 17.0 Å². The standard InChI is InChI=1S/C13H12N4O2S/c1-7-4-15-13(16-5-7)20-11-3-9-10(2-8(11)14)19-6-12(18)17-9/h2-5H,6,14H2,1H3,(H,17,18). The van der Waals surface area contributed by atoms with E-state index in [2.05, 4.69) is 15.3 Å². The molecule has 102 valence electrons. The third-order valence-electron chi connectivity index (χ3n) is 2.70. The monoisotopic (exact) mass is 288 g/mol. The van der Waals surface area contributed by atoms with Gasteiger partial charge in [-0.05, 0) is 30.3 Å². The van der Waals surface area contributed by atoms with Gasteiger partial charge < -0.3 is 15.8 Å². The predicted molar refractivity (Wildman–Crippen MR) is 75.9 cm³/mol. The van der Waals surface area contributed by atoms with Gasteiger partial charge in [-0.15, -0.1) is 0 Å². The molecule has 1 amide bonds. The highest BCUT2D eigenvalue weighted by atomic mass is 32.2. The molecule has 0 saturated heterocycles. The molecule has 0 bridgehead atoms. The minimum absolute atomic E-state index is 0.0139. The second kappa shape index (κ2) is 5.01. The van der Waals surface area contributed by atoms with Gasteiger partial charge in [0.05, 0.1) is 5.69 Å². The Hall–Kier alpha value is -2.28. The minimum Gasteiger partial charge on any atom is -0.482 e. The zero-order chi connectivity index (χ0) is 14.1. The molecule has 0 saturated carbocycles. The van der Waals surface area contributed by atoms with Gasteiger partial charge in [0.25, 0.3) is 5.91 Å². The van der Waals surface area contributed by atoms with Crippen molar-refractivity contribution in [3.05, 3.63) is 30.1 Å². The highest BCUT2D eigenvalue weighted by Gasteiger charge is 2.18. The Kier molecular flexibility index (Phi) is 3.19. The van der Waals surface area contributed by atoms with E-state index in [1.54, 1.807) is 24.5 Å². The van der Waals surface area contributed by atoms with Crippen LogP contribution in [0.1, 0.15) is 5.56 Å². The van der Waals surface area contributed by atoms with Crippen LogP contribution in [0.5, 0.6) is 5.75 Å². The minimum atomic E-state index is -0.176. The van der Waals surface area contributed by atoms with E-state index < -0.39 is 0 Å². The smallest absolute Gasteiger partial charge is 0.262 e. The van der Waals surface area contributed by atoms with Crippen LogP contribution in [0, 0.1) is 6.92 Å². The third-order valence-corrected chi connectivity index (χ3v) is 3.67. The van der Waals surface area contributed by atoms with Crippen LogP contribution in [-0.2, 0) is 4.79 Å². The number of carbonyl (C=O) groups excluding carboxylic acids is 1. The number of nitrogen functional groups attached to an aromatic ring is 1. The molecule has 1 aliphatic rings. The summed E-state index contributed by atoms with van der Waals surface area (Å²) in [5, 5.41) is 3.35. The number of nitrogens with two attached hydrogens (primary N) is 1.